The average molecular weight is 150 g/mol. The maximum Gasteiger partial charge on any atom is 0.168 e. The van der Waals surface area contributed by atoms with E-state index in [0.29, 0.717) is 5.69 Å². The molecule has 1 aromatic rings. The third-order valence-corrected chi connectivity index (χ3v) is 1.35. The van der Waals surface area contributed by atoms with E-state index in [-0.39, 0.29) is 0 Å². The number of rotatable bonds is 3. The lowest BCUT2D eigenvalue weighted by atomic mass is 10.2. The molecule has 0 spiro atoms. The van der Waals surface area contributed by atoms with Crippen molar-refractivity contribution >= 4 is 6.29 Å². The van der Waals surface area contributed by atoms with Gasteiger partial charge in [0, 0.05) is 12.7 Å². The summed E-state index contributed by atoms with van der Waals surface area (Å²) >= 11 is 0. The quantitative estimate of drug-likeness (QED) is 0.642. The van der Waals surface area contributed by atoms with Gasteiger partial charge in [0.2, 0.25) is 0 Å². The van der Waals surface area contributed by atoms with E-state index in [0.717, 1.165) is 18.4 Å². The Labute approximate surface area is 65.5 Å². The molecular formula is C8H10N2O. The number of carbonyl (C=O) groups is 1. The molecule has 0 radical (unpaired) electrons. The molecule has 0 aromatic carbocycles. The highest BCUT2D eigenvalue weighted by Gasteiger charge is 1.93. The SMILES string of the molecule is CNCc1ccnc(C=O)c1. The number of hydrogen-bond donors (Lipinski definition) is 1. The van der Waals surface area contributed by atoms with Crippen LogP contribution < -0.4 is 5.32 Å². The highest BCUT2D eigenvalue weighted by molar-refractivity contribution is 5.71. The van der Waals surface area contributed by atoms with Gasteiger partial charge in [-0.3, -0.25) is 9.78 Å². The van der Waals surface area contributed by atoms with Gasteiger partial charge < -0.3 is 5.32 Å². The van der Waals surface area contributed by atoms with E-state index >= 15 is 0 Å². The summed E-state index contributed by atoms with van der Waals surface area (Å²) in [6, 6.07) is 3.65. The van der Waals surface area contributed by atoms with Crippen LogP contribution >= 0.6 is 0 Å². The standard InChI is InChI=1S/C8H10N2O/c1-9-5-7-2-3-10-8(4-7)6-11/h2-4,6,9H,5H2,1H3. The second-order valence-electron chi connectivity index (χ2n) is 2.24. The fourth-order valence-electron chi connectivity index (χ4n) is 0.873. The zero-order chi connectivity index (χ0) is 8.10. The maximum absolute atomic E-state index is 10.3. The number of aldehydes is 1. The molecular weight excluding hydrogens is 140 g/mol. The zero-order valence-corrected chi connectivity index (χ0v) is 6.37. The van der Waals surface area contributed by atoms with Crippen molar-refractivity contribution < 1.29 is 4.79 Å². The van der Waals surface area contributed by atoms with Crippen LogP contribution in [0.4, 0.5) is 0 Å². The zero-order valence-electron chi connectivity index (χ0n) is 6.37. The second kappa shape index (κ2) is 3.83. The summed E-state index contributed by atoms with van der Waals surface area (Å²) in [6.07, 6.45) is 2.38. The summed E-state index contributed by atoms with van der Waals surface area (Å²) in [4.78, 5) is 14.1. The molecule has 0 unspecified atom stereocenters. The molecule has 1 rings (SSSR count). The Bertz CT molecular complexity index is 248. The van der Waals surface area contributed by atoms with Gasteiger partial charge >= 0.3 is 0 Å². The number of nitrogens with one attached hydrogen (secondary N) is 1. The smallest absolute Gasteiger partial charge is 0.168 e. The predicted octanol–water partition coefficient (Wildman–Crippen LogP) is 0.613. The molecule has 11 heavy (non-hydrogen) atoms. The van der Waals surface area contributed by atoms with Gasteiger partial charge in [-0.2, -0.15) is 0 Å². The number of hydrogen-bond acceptors (Lipinski definition) is 3. The largest absolute Gasteiger partial charge is 0.316 e. The van der Waals surface area contributed by atoms with Gasteiger partial charge in [-0.05, 0) is 24.7 Å². The van der Waals surface area contributed by atoms with Crippen LogP contribution in [0.3, 0.4) is 0 Å². The molecule has 0 fully saturated rings. The first-order chi connectivity index (χ1) is 5.36. The molecule has 0 aliphatic heterocycles. The molecule has 58 valence electrons. The molecule has 0 amide bonds. The fraction of sp³-hybridized carbons (Fsp3) is 0.250. The van der Waals surface area contributed by atoms with Gasteiger partial charge in [-0.1, -0.05) is 0 Å². The summed E-state index contributed by atoms with van der Waals surface area (Å²) in [5, 5.41) is 2.99. The summed E-state index contributed by atoms with van der Waals surface area (Å²) in [6.45, 7) is 0.767. The molecule has 3 nitrogen and oxygen atoms in total. The normalized spacial score (nSPS) is 9.55. The van der Waals surface area contributed by atoms with E-state index in [4.69, 9.17) is 0 Å². The monoisotopic (exact) mass is 150 g/mol. The Morgan fingerprint density at radius 1 is 1.73 bits per heavy atom. The summed E-state index contributed by atoms with van der Waals surface area (Å²) in [5.41, 5.74) is 1.56. The van der Waals surface area contributed by atoms with Crippen LogP contribution in [-0.2, 0) is 6.54 Å². The minimum atomic E-state index is 0.484. The van der Waals surface area contributed by atoms with Crippen molar-refractivity contribution in [1.82, 2.24) is 10.3 Å². The topological polar surface area (TPSA) is 42.0 Å². The molecule has 0 atom stereocenters. The minimum absolute atomic E-state index is 0.484. The number of aromatic nitrogens is 1. The highest BCUT2D eigenvalue weighted by Crippen LogP contribution is 1.98. The van der Waals surface area contributed by atoms with Crippen LogP contribution in [0, 0.1) is 0 Å². The Morgan fingerprint density at radius 3 is 3.18 bits per heavy atom. The van der Waals surface area contributed by atoms with Gasteiger partial charge in [0.05, 0.1) is 0 Å². The Hall–Kier alpha value is -1.22. The molecule has 0 saturated heterocycles. The van der Waals surface area contributed by atoms with Gasteiger partial charge in [0.15, 0.2) is 6.29 Å². The van der Waals surface area contributed by atoms with Gasteiger partial charge in [0.1, 0.15) is 5.69 Å². The van der Waals surface area contributed by atoms with Crippen LogP contribution in [0.25, 0.3) is 0 Å². The number of carbonyl (C=O) groups excluding carboxylic acids is 1. The fourth-order valence-corrected chi connectivity index (χ4v) is 0.873. The minimum Gasteiger partial charge on any atom is -0.316 e. The van der Waals surface area contributed by atoms with Crippen molar-refractivity contribution in [2.45, 2.75) is 6.54 Å². The Balaban J connectivity index is 2.82. The van der Waals surface area contributed by atoms with Crippen molar-refractivity contribution in [2.24, 2.45) is 0 Å². The van der Waals surface area contributed by atoms with E-state index in [2.05, 4.69) is 10.3 Å². The molecule has 0 aliphatic rings. The summed E-state index contributed by atoms with van der Waals surface area (Å²) in [7, 11) is 1.86. The van der Waals surface area contributed by atoms with Crippen molar-refractivity contribution in [3.05, 3.63) is 29.6 Å². The van der Waals surface area contributed by atoms with E-state index in [1.165, 1.54) is 0 Å². The van der Waals surface area contributed by atoms with Crippen LogP contribution in [0.1, 0.15) is 16.1 Å². The van der Waals surface area contributed by atoms with Crippen LogP contribution in [0.15, 0.2) is 18.3 Å². The van der Waals surface area contributed by atoms with E-state index in [1.54, 1.807) is 12.3 Å². The third-order valence-electron chi connectivity index (χ3n) is 1.35. The second-order valence-corrected chi connectivity index (χ2v) is 2.24. The van der Waals surface area contributed by atoms with Crippen molar-refractivity contribution in [2.75, 3.05) is 7.05 Å². The Morgan fingerprint density at radius 2 is 2.55 bits per heavy atom. The van der Waals surface area contributed by atoms with Gasteiger partial charge in [-0.15, -0.1) is 0 Å². The van der Waals surface area contributed by atoms with Crippen LogP contribution in [0.5, 0.6) is 0 Å². The molecule has 1 N–H and O–H groups in total. The van der Waals surface area contributed by atoms with E-state index in [1.807, 2.05) is 13.1 Å². The number of nitrogens with zero attached hydrogens (tertiary/aromatic N) is 1. The average Bonchev–Trinajstić information content (AvgIpc) is 2.06. The van der Waals surface area contributed by atoms with Gasteiger partial charge in [0.25, 0.3) is 0 Å². The number of pyridine rings is 1. The molecule has 0 aliphatic carbocycles. The lowest BCUT2D eigenvalue weighted by Crippen LogP contribution is -2.05. The van der Waals surface area contributed by atoms with E-state index in [9.17, 15) is 4.79 Å². The van der Waals surface area contributed by atoms with E-state index < -0.39 is 0 Å². The lowest BCUT2D eigenvalue weighted by Gasteiger charge is -1.98. The van der Waals surface area contributed by atoms with Crippen molar-refractivity contribution in [1.29, 1.82) is 0 Å². The maximum atomic E-state index is 10.3. The van der Waals surface area contributed by atoms with Gasteiger partial charge in [-0.25, -0.2) is 0 Å². The van der Waals surface area contributed by atoms with Crippen molar-refractivity contribution in [3.63, 3.8) is 0 Å². The third kappa shape index (κ3) is 2.13. The van der Waals surface area contributed by atoms with Crippen LogP contribution in [0.2, 0.25) is 0 Å². The lowest BCUT2D eigenvalue weighted by molar-refractivity contribution is 0.111. The van der Waals surface area contributed by atoms with Crippen LogP contribution in [-0.4, -0.2) is 18.3 Å². The summed E-state index contributed by atoms with van der Waals surface area (Å²) in [5.74, 6) is 0. The first-order valence-corrected chi connectivity index (χ1v) is 3.41. The summed E-state index contributed by atoms with van der Waals surface area (Å²) < 4.78 is 0. The first-order valence-electron chi connectivity index (χ1n) is 3.41. The molecule has 0 bridgehead atoms. The predicted molar refractivity (Wildman–Crippen MR) is 42.4 cm³/mol. The molecule has 1 heterocycles. The molecule has 3 heteroatoms. The van der Waals surface area contributed by atoms with Crippen molar-refractivity contribution in [3.8, 4) is 0 Å². The molecule has 0 saturated carbocycles. The first kappa shape index (κ1) is 7.88. The Kier molecular flexibility index (Phi) is 2.74. The highest BCUT2D eigenvalue weighted by atomic mass is 16.1. The molecule has 1 aromatic heterocycles.